The number of hydrogen-bond donors (Lipinski definition) is 0. The van der Waals surface area contributed by atoms with Crippen LogP contribution in [0.1, 0.15) is 110 Å². The number of likely N-dealkylation sites (N-methyl/N-ethyl adjacent to an activating group) is 1. The van der Waals surface area contributed by atoms with Gasteiger partial charge in [-0.1, -0.05) is 107 Å². The summed E-state index contributed by atoms with van der Waals surface area (Å²) >= 11 is 0. The van der Waals surface area contributed by atoms with E-state index in [1.165, 1.54) is 0 Å². The van der Waals surface area contributed by atoms with E-state index in [4.69, 9.17) is 18.5 Å². The van der Waals surface area contributed by atoms with E-state index in [1.54, 1.807) is 0 Å². The van der Waals surface area contributed by atoms with Gasteiger partial charge in [0.05, 0.1) is 34.4 Å². The topological polar surface area (TPSA) is 94.1 Å². The highest BCUT2D eigenvalue weighted by Gasteiger charge is 2.20. The van der Waals surface area contributed by atoms with Crippen molar-refractivity contribution in [3.05, 3.63) is 60.8 Å². The molecule has 266 valence electrons. The molecular formula is C37H66NO7P. The number of carbonyl (C=O) groups excluding carboxylic acids is 1. The number of phosphoric acid groups is 1. The minimum atomic E-state index is -4.51. The van der Waals surface area contributed by atoms with Gasteiger partial charge in [0.2, 0.25) is 0 Å². The number of ether oxygens (including phenoxy) is 2. The van der Waals surface area contributed by atoms with Gasteiger partial charge in [-0.15, -0.1) is 0 Å². The van der Waals surface area contributed by atoms with Gasteiger partial charge in [-0.3, -0.25) is 9.36 Å². The summed E-state index contributed by atoms with van der Waals surface area (Å²) in [5.41, 5.74) is 0. The van der Waals surface area contributed by atoms with Crippen molar-refractivity contribution in [1.82, 2.24) is 0 Å². The number of phosphoric ester groups is 1. The lowest BCUT2D eigenvalue weighted by Gasteiger charge is -2.28. The summed E-state index contributed by atoms with van der Waals surface area (Å²) < 4.78 is 34.0. The van der Waals surface area contributed by atoms with Crippen LogP contribution in [0.2, 0.25) is 0 Å². The van der Waals surface area contributed by atoms with Crippen LogP contribution in [0.5, 0.6) is 0 Å². The first-order valence-corrected chi connectivity index (χ1v) is 19.0. The molecule has 2 atom stereocenters. The van der Waals surface area contributed by atoms with Crippen molar-refractivity contribution in [3.63, 3.8) is 0 Å². The number of quaternary nitrogens is 1. The first-order valence-electron chi connectivity index (χ1n) is 17.5. The fourth-order valence-electron chi connectivity index (χ4n) is 4.10. The molecule has 0 amide bonds. The lowest BCUT2D eigenvalue weighted by molar-refractivity contribution is -0.870. The Balaban J connectivity index is 4.17. The minimum Gasteiger partial charge on any atom is -0.756 e. The van der Waals surface area contributed by atoms with Gasteiger partial charge in [-0.2, -0.15) is 0 Å². The number of allylic oxidation sites excluding steroid dienone is 10. The van der Waals surface area contributed by atoms with E-state index < -0.39 is 13.9 Å². The van der Waals surface area contributed by atoms with Crippen LogP contribution < -0.4 is 4.89 Å². The molecule has 46 heavy (non-hydrogen) atoms. The second-order valence-electron chi connectivity index (χ2n) is 12.5. The van der Waals surface area contributed by atoms with Crippen molar-refractivity contribution < 1.29 is 37.3 Å². The molecule has 0 saturated heterocycles. The van der Waals surface area contributed by atoms with E-state index in [-0.39, 0.29) is 25.8 Å². The van der Waals surface area contributed by atoms with Gasteiger partial charge in [0, 0.05) is 13.0 Å². The Morgan fingerprint density at radius 2 is 1.26 bits per heavy atom. The number of rotatable bonds is 31. The summed E-state index contributed by atoms with van der Waals surface area (Å²) in [6, 6.07) is 0. The predicted octanol–water partition coefficient (Wildman–Crippen LogP) is 8.79. The van der Waals surface area contributed by atoms with Gasteiger partial charge in [0.25, 0.3) is 7.82 Å². The minimum absolute atomic E-state index is 0.0176. The van der Waals surface area contributed by atoms with Crippen molar-refractivity contribution in [2.75, 3.05) is 54.1 Å². The molecule has 0 aromatic rings. The molecule has 0 aromatic carbocycles. The number of hydrogen-bond acceptors (Lipinski definition) is 7. The van der Waals surface area contributed by atoms with Gasteiger partial charge in [-0.25, -0.2) is 0 Å². The summed E-state index contributed by atoms with van der Waals surface area (Å²) in [7, 11) is 1.32. The normalized spacial score (nSPS) is 14.8. The third kappa shape index (κ3) is 33.6. The van der Waals surface area contributed by atoms with Crippen molar-refractivity contribution in [2.45, 2.75) is 116 Å². The van der Waals surface area contributed by atoms with Crippen molar-refractivity contribution in [3.8, 4) is 0 Å². The molecule has 9 heteroatoms. The first kappa shape index (κ1) is 44.2. The maximum Gasteiger partial charge on any atom is 0.306 e. The molecule has 0 aromatic heterocycles. The zero-order valence-corrected chi connectivity index (χ0v) is 30.6. The molecule has 0 rings (SSSR count). The van der Waals surface area contributed by atoms with E-state index in [2.05, 4.69) is 74.6 Å². The Bertz CT molecular complexity index is 921. The van der Waals surface area contributed by atoms with Gasteiger partial charge in [0.15, 0.2) is 0 Å². The van der Waals surface area contributed by atoms with E-state index in [0.29, 0.717) is 24.1 Å². The summed E-state index contributed by atoms with van der Waals surface area (Å²) in [6.07, 6.45) is 35.7. The highest BCUT2D eigenvalue weighted by molar-refractivity contribution is 7.45. The molecule has 0 aliphatic rings. The largest absolute Gasteiger partial charge is 0.756 e. The van der Waals surface area contributed by atoms with Crippen LogP contribution in [0.25, 0.3) is 0 Å². The average Bonchev–Trinajstić information content (AvgIpc) is 2.99. The highest BCUT2D eigenvalue weighted by Crippen LogP contribution is 2.38. The van der Waals surface area contributed by atoms with Gasteiger partial charge >= 0.3 is 5.97 Å². The van der Waals surface area contributed by atoms with E-state index in [9.17, 15) is 14.3 Å². The van der Waals surface area contributed by atoms with Gasteiger partial charge in [-0.05, 0) is 57.8 Å². The molecule has 0 spiro atoms. The quantitative estimate of drug-likeness (QED) is 0.0240. The average molecular weight is 668 g/mol. The highest BCUT2D eigenvalue weighted by atomic mass is 31.2. The second-order valence-corrected chi connectivity index (χ2v) is 13.9. The number of esters is 1. The molecule has 8 nitrogen and oxygen atoms in total. The van der Waals surface area contributed by atoms with Crippen molar-refractivity contribution >= 4 is 13.8 Å². The van der Waals surface area contributed by atoms with E-state index in [1.807, 2.05) is 21.1 Å². The Morgan fingerprint density at radius 3 is 1.85 bits per heavy atom. The van der Waals surface area contributed by atoms with Crippen LogP contribution in [0.15, 0.2) is 60.8 Å². The van der Waals surface area contributed by atoms with Crippen molar-refractivity contribution in [1.29, 1.82) is 0 Å². The van der Waals surface area contributed by atoms with Crippen LogP contribution in [0, 0.1) is 0 Å². The smallest absolute Gasteiger partial charge is 0.306 e. The van der Waals surface area contributed by atoms with Crippen LogP contribution in [-0.4, -0.2) is 70.7 Å². The monoisotopic (exact) mass is 667 g/mol. The lowest BCUT2D eigenvalue weighted by atomic mass is 10.1. The molecule has 0 saturated carbocycles. The predicted molar refractivity (Wildman–Crippen MR) is 189 cm³/mol. The Kier molecular flexibility index (Phi) is 29.3. The summed E-state index contributed by atoms with van der Waals surface area (Å²) in [5, 5.41) is 0. The zero-order valence-electron chi connectivity index (χ0n) is 29.7. The second kappa shape index (κ2) is 30.5. The third-order valence-corrected chi connectivity index (χ3v) is 7.80. The molecular weight excluding hydrogens is 601 g/mol. The standard InChI is InChI=1S/C37H66NO7P/c1-6-8-10-12-13-14-15-16-17-18-19-20-21-22-23-24-25-26-27-29-32-42-34-36(45-37(39)30-28-11-9-7-2)35-44-46(40,41)43-33-31-38(3,4)5/h8,10,13-14,16-17,19-20,22-23,36H,6-7,9,11-12,15,18,21,24-35H2,1-5H3/b10-8-,14-13-,17-16-,20-19-,23-22-. The fraction of sp³-hybridized carbons (Fsp3) is 0.703. The molecule has 0 N–H and O–H groups in total. The fourth-order valence-corrected chi connectivity index (χ4v) is 4.83. The molecule has 0 aliphatic carbocycles. The number of unbranched alkanes of at least 4 members (excludes halogenated alkanes) is 7. The maximum absolute atomic E-state index is 12.3. The number of carbonyl (C=O) groups is 1. The molecule has 0 radical (unpaired) electrons. The maximum atomic E-state index is 12.3. The summed E-state index contributed by atoms with van der Waals surface area (Å²) in [6.45, 7) is 5.07. The Morgan fingerprint density at radius 1 is 0.696 bits per heavy atom. The zero-order chi connectivity index (χ0) is 34.2. The number of nitrogens with zero attached hydrogens (tertiary/aromatic N) is 1. The van der Waals surface area contributed by atoms with Crippen LogP contribution in [0.4, 0.5) is 0 Å². The third-order valence-electron chi connectivity index (χ3n) is 6.83. The summed E-state index contributed by atoms with van der Waals surface area (Å²) in [5.74, 6) is -0.366. The van der Waals surface area contributed by atoms with Gasteiger partial charge < -0.3 is 27.9 Å². The molecule has 0 bridgehead atoms. The van der Waals surface area contributed by atoms with E-state index in [0.717, 1.165) is 89.9 Å². The first-order chi connectivity index (χ1) is 22.1. The van der Waals surface area contributed by atoms with E-state index >= 15 is 0 Å². The van der Waals surface area contributed by atoms with Crippen LogP contribution in [-0.2, 0) is 27.9 Å². The Labute approximate surface area is 281 Å². The summed E-state index contributed by atoms with van der Waals surface area (Å²) in [4.78, 5) is 24.5. The molecule has 2 unspecified atom stereocenters. The van der Waals surface area contributed by atoms with Crippen LogP contribution in [0.3, 0.4) is 0 Å². The van der Waals surface area contributed by atoms with Crippen molar-refractivity contribution in [2.24, 2.45) is 0 Å². The molecule has 0 fully saturated rings. The van der Waals surface area contributed by atoms with Crippen LogP contribution >= 0.6 is 7.82 Å². The lowest BCUT2D eigenvalue weighted by Crippen LogP contribution is -2.37. The Hall–Kier alpha value is -1.80. The molecule has 0 aliphatic heterocycles. The van der Waals surface area contributed by atoms with Gasteiger partial charge in [0.1, 0.15) is 19.3 Å². The SMILES string of the molecule is CC/C=C\C/C=C\C/C=C\C/C=C\C/C=C\CCCCCCOCC(COP(=O)([O-])OCC[N+](C)(C)C)OC(=O)CCCCCC. The molecule has 0 heterocycles.